The van der Waals surface area contributed by atoms with Gasteiger partial charge in [-0.2, -0.15) is 0 Å². The lowest BCUT2D eigenvalue weighted by molar-refractivity contribution is 0.962. The molecular weight excluding hydrogens is 272 g/mol. The summed E-state index contributed by atoms with van der Waals surface area (Å²) in [5.41, 5.74) is 4.55. The van der Waals surface area contributed by atoms with Gasteiger partial charge in [0.15, 0.2) is 0 Å². The number of imidazole rings is 1. The van der Waals surface area contributed by atoms with Gasteiger partial charge in [0, 0.05) is 29.3 Å². The van der Waals surface area contributed by atoms with Crippen LogP contribution in [-0.2, 0) is 6.54 Å². The van der Waals surface area contributed by atoms with Crippen LogP contribution in [0.4, 0.5) is 5.69 Å². The minimum Gasteiger partial charge on any atom is -0.340 e. The van der Waals surface area contributed by atoms with Crippen molar-refractivity contribution >= 4 is 11.5 Å². The molecule has 0 unspecified atom stereocenters. The van der Waals surface area contributed by atoms with Gasteiger partial charge in [0.05, 0.1) is 6.54 Å². The number of aliphatic imine (C=N–C) groups is 1. The summed E-state index contributed by atoms with van der Waals surface area (Å²) in [7, 11) is 0. The Hall–Kier alpha value is -2.88. The molecule has 0 fully saturated rings. The second-order valence-corrected chi connectivity index (χ2v) is 5.34. The number of rotatable bonds is 2. The topological polar surface area (TPSA) is 42.2 Å². The van der Waals surface area contributed by atoms with Crippen LogP contribution < -0.4 is 5.32 Å². The molecule has 108 valence electrons. The average molecular weight is 288 g/mol. The Morgan fingerprint density at radius 3 is 2.73 bits per heavy atom. The van der Waals surface area contributed by atoms with Gasteiger partial charge in [-0.3, -0.25) is 4.99 Å². The molecular formula is C18H16N4. The van der Waals surface area contributed by atoms with E-state index in [4.69, 9.17) is 0 Å². The van der Waals surface area contributed by atoms with E-state index in [0.29, 0.717) is 6.54 Å². The molecule has 0 spiro atoms. The SMILES string of the molecule is Cc1nccn1-c1ccc2c(c1)CN=C(c1ccccc1)N2. The summed E-state index contributed by atoms with van der Waals surface area (Å²) in [6.07, 6.45) is 3.80. The number of hydrogen-bond donors (Lipinski definition) is 1. The minimum atomic E-state index is 0.689. The number of aryl methyl sites for hydroxylation is 1. The molecule has 0 atom stereocenters. The summed E-state index contributed by atoms with van der Waals surface area (Å²) >= 11 is 0. The maximum absolute atomic E-state index is 4.67. The van der Waals surface area contributed by atoms with Gasteiger partial charge in [0.1, 0.15) is 11.7 Å². The highest BCUT2D eigenvalue weighted by Crippen LogP contribution is 2.25. The van der Waals surface area contributed by atoms with E-state index in [2.05, 4.69) is 50.2 Å². The van der Waals surface area contributed by atoms with Crippen LogP contribution in [0.2, 0.25) is 0 Å². The molecule has 0 saturated carbocycles. The molecule has 4 nitrogen and oxygen atoms in total. The van der Waals surface area contributed by atoms with Crippen LogP contribution >= 0.6 is 0 Å². The molecule has 1 aliphatic heterocycles. The van der Waals surface area contributed by atoms with Crippen LogP contribution in [0.25, 0.3) is 5.69 Å². The zero-order chi connectivity index (χ0) is 14.9. The van der Waals surface area contributed by atoms with E-state index in [9.17, 15) is 0 Å². The van der Waals surface area contributed by atoms with E-state index in [-0.39, 0.29) is 0 Å². The molecule has 2 aromatic carbocycles. The number of benzene rings is 2. The van der Waals surface area contributed by atoms with Crippen molar-refractivity contribution in [2.24, 2.45) is 4.99 Å². The van der Waals surface area contributed by atoms with Crippen molar-refractivity contribution in [2.75, 3.05) is 5.32 Å². The van der Waals surface area contributed by atoms with Gasteiger partial charge >= 0.3 is 0 Å². The smallest absolute Gasteiger partial charge is 0.133 e. The fourth-order valence-corrected chi connectivity index (χ4v) is 2.72. The molecule has 0 aliphatic carbocycles. The Kier molecular flexibility index (Phi) is 3.00. The largest absolute Gasteiger partial charge is 0.340 e. The van der Waals surface area contributed by atoms with Gasteiger partial charge in [0.25, 0.3) is 0 Å². The zero-order valence-electron chi connectivity index (χ0n) is 12.3. The minimum absolute atomic E-state index is 0.689. The van der Waals surface area contributed by atoms with E-state index in [1.807, 2.05) is 37.5 Å². The van der Waals surface area contributed by atoms with Gasteiger partial charge in [-0.25, -0.2) is 4.98 Å². The molecule has 0 bridgehead atoms. The van der Waals surface area contributed by atoms with Gasteiger partial charge in [0.2, 0.25) is 0 Å². The third-order valence-electron chi connectivity index (χ3n) is 3.90. The average Bonchev–Trinajstić information content (AvgIpc) is 3.01. The number of hydrogen-bond acceptors (Lipinski definition) is 3. The Labute approximate surface area is 129 Å². The third-order valence-corrected chi connectivity index (χ3v) is 3.90. The first-order chi connectivity index (χ1) is 10.8. The van der Waals surface area contributed by atoms with Crippen molar-refractivity contribution in [1.29, 1.82) is 0 Å². The number of aromatic nitrogens is 2. The summed E-state index contributed by atoms with van der Waals surface area (Å²) in [5.74, 6) is 1.91. The monoisotopic (exact) mass is 288 g/mol. The van der Waals surface area contributed by atoms with Crippen molar-refractivity contribution in [3.8, 4) is 5.69 Å². The van der Waals surface area contributed by atoms with Crippen molar-refractivity contribution < 1.29 is 0 Å². The molecule has 1 aliphatic rings. The van der Waals surface area contributed by atoms with Crippen molar-refractivity contribution in [3.05, 3.63) is 77.9 Å². The molecule has 0 radical (unpaired) electrons. The highest BCUT2D eigenvalue weighted by Gasteiger charge is 2.14. The predicted octanol–water partition coefficient (Wildman–Crippen LogP) is 3.55. The first-order valence-corrected chi connectivity index (χ1v) is 7.31. The lowest BCUT2D eigenvalue weighted by atomic mass is 10.1. The Morgan fingerprint density at radius 1 is 1.09 bits per heavy atom. The summed E-state index contributed by atoms with van der Waals surface area (Å²) in [6, 6.07) is 16.6. The van der Waals surface area contributed by atoms with E-state index < -0.39 is 0 Å². The molecule has 3 aromatic rings. The molecule has 0 amide bonds. The van der Waals surface area contributed by atoms with Crippen LogP contribution in [0, 0.1) is 6.92 Å². The quantitative estimate of drug-likeness (QED) is 0.783. The Bertz CT molecular complexity index is 847. The normalized spacial score (nSPS) is 13.2. The third kappa shape index (κ3) is 2.19. The molecule has 22 heavy (non-hydrogen) atoms. The van der Waals surface area contributed by atoms with Gasteiger partial charge in [-0.15, -0.1) is 0 Å². The van der Waals surface area contributed by atoms with E-state index in [0.717, 1.165) is 28.6 Å². The predicted molar refractivity (Wildman–Crippen MR) is 88.6 cm³/mol. The first kappa shape index (κ1) is 12.8. The maximum atomic E-state index is 4.67. The Morgan fingerprint density at radius 2 is 1.95 bits per heavy atom. The van der Waals surface area contributed by atoms with Crippen LogP contribution in [0.1, 0.15) is 17.0 Å². The molecule has 4 heteroatoms. The Balaban J connectivity index is 1.67. The molecule has 0 saturated heterocycles. The van der Waals surface area contributed by atoms with Gasteiger partial charge in [-0.05, 0) is 30.7 Å². The number of fused-ring (bicyclic) bond motifs is 1. The fraction of sp³-hybridized carbons (Fsp3) is 0.111. The highest BCUT2D eigenvalue weighted by molar-refractivity contribution is 6.09. The van der Waals surface area contributed by atoms with Crippen LogP contribution in [0.3, 0.4) is 0 Å². The number of nitrogens with one attached hydrogen (secondary N) is 1. The summed E-state index contributed by atoms with van der Waals surface area (Å²) in [5, 5.41) is 3.43. The van der Waals surface area contributed by atoms with Crippen molar-refractivity contribution in [3.63, 3.8) is 0 Å². The van der Waals surface area contributed by atoms with Crippen molar-refractivity contribution in [1.82, 2.24) is 9.55 Å². The lowest BCUT2D eigenvalue weighted by Crippen LogP contribution is -2.19. The van der Waals surface area contributed by atoms with Crippen LogP contribution in [0.15, 0.2) is 65.9 Å². The van der Waals surface area contributed by atoms with Crippen LogP contribution in [-0.4, -0.2) is 15.4 Å². The second kappa shape index (κ2) is 5.15. The number of nitrogens with zero attached hydrogens (tertiary/aromatic N) is 3. The maximum Gasteiger partial charge on any atom is 0.133 e. The fourth-order valence-electron chi connectivity index (χ4n) is 2.72. The lowest BCUT2D eigenvalue weighted by Gasteiger charge is -2.20. The summed E-state index contributed by atoms with van der Waals surface area (Å²) < 4.78 is 2.08. The highest BCUT2D eigenvalue weighted by atomic mass is 15.1. The summed E-state index contributed by atoms with van der Waals surface area (Å²) in [6.45, 7) is 2.69. The zero-order valence-corrected chi connectivity index (χ0v) is 12.3. The number of anilines is 1. The molecule has 4 rings (SSSR count). The first-order valence-electron chi connectivity index (χ1n) is 7.31. The van der Waals surface area contributed by atoms with E-state index >= 15 is 0 Å². The van der Waals surface area contributed by atoms with E-state index in [1.54, 1.807) is 0 Å². The van der Waals surface area contributed by atoms with Crippen molar-refractivity contribution in [2.45, 2.75) is 13.5 Å². The van der Waals surface area contributed by atoms with Crippen LogP contribution in [0.5, 0.6) is 0 Å². The summed E-state index contributed by atoms with van der Waals surface area (Å²) in [4.78, 5) is 8.94. The number of amidine groups is 1. The van der Waals surface area contributed by atoms with Gasteiger partial charge in [-0.1, -0.05) is 30.3 Å². The molecule has 2 heterocycles. The molecule has 1 N–H and O–H groups in total. The van der Waals surface area contributed by atoms with E-state index in [1.165, 1.54) is 5.56 Å². The van der Waals surface area contributed by atoms with Gasteiger partial charge < -0.3 is 9.88 Å². The second-order valence-electron chi connectivity index (χ2n) is 5.34. The standard InChI is InChI=1S/C18H16N4/c1-13-19-9-10-22(13)16-7-8-17-15(11-16)12-20-18(21-17)14-5-3-2-4-6-14/h2-11H,12H2,1H3,(H,20,21). The molecule has 1 aromatic heterocycles.